The molecule has 1 amide bonds. The molecule has 0 aliphatic heterocycles. The Hall–Kier alpha value is -1.30. The average molecular weight is 301 g/mol. The van der Waals surface area contributed by atoms with Crippen LogP contribution in [0, 0.1) is 0 Å². The topological polar surface area (TPSA) is 73.9 Å². The Bertz CT molecular complexity index is 342. The average Bonchev–Trinajstić information content (AvgIpc) is 2.38. The zero-order valence-corrected chi connectivity index (χ0v) is 13.4. The third kappa shape index (κ3) is 7.90. The summed E-state index contributed by atoms with van der Waals surface area (Å²) < 4.78 is 15.4. The molecule has 1 fully saturated rings. The normalized spacial score (nSPS) is 22.5. The van der Waals surface area contributed by atoms with Crippen LogP contribution in [0.3, 0.4) is 0 Å². The predicted octanol–water partition coefficient (Wildman–Crippen LogP) is 2.40. The predicted molar refractivity (Wildman–Crippen MR) is 78.0 cm³/mol. The van der Waals surface area contributed by atoms with E-state index in [9.17, 15) is 9.59 Å². The number of rotatable bonds is 5. The summed E-state index contributed by atoms with van der Waals surface area (Å²) in [6.07, 6.45) is 3.56. The molecule has 1 N–H and O–H groups in total. The molecule has 0 spiro atoms. The molecule has 1 rings (SSSR count). The first-order valence-corrected chi connectivity index (χ1v) is 7.48. The van der Waals surface area contributed by atoms with Crippen molar-refractivity contribution in [2.45, 2.75) is 70.6 Å². The Morgan fingerprint density at radius 3 is 2.29 bits per heavy atom. The number of nitrogens with one attached hydrogen (secondary N) is 1. The van der Waals surface area contributed by atoms with Crippen LogP contribution in [0.15, 0.2) is 0 Å². The number of esters is 1. The Kier molecular flexibility index (Phi) is 6.95. The molecule has 1 aliphatic carbocycles. The molecule has 6 heteroatoms. The van der Waals surface area contributed by atoms with E-state index < -0.39 is 5.60 Å². The molecule has 1 saturated carbocycles. The van der Waals surface area contributed by atoms with Crippen molar-refractivity contribution in [1.82, 2.24) is 5.32 Å². The van der Waals surface area contributed by atoms with Gasteiger partial charge in [-0.3, -0.25) is 4.79 Å². The molecule has 0 unspecified atom stereocenters. The lowest BCUT2D eigenvalue weighted by Gasteiger charge is -2.30. The lowest BCUT2D eigenvalue weighted by molar-refractivity contribution is -0.142. The van der Waals surface area contributed by atoms with Crippen LogP contribution < -0.4 is 5.32 Å². The number of alkyl carbamates (subject to hydrolysis) is 1. The first kappa shape index (κ1) is 17.8. The molecule has 0 radical (unpaired) electrons. The summed E-state index contributed by atoms with van der Waals surface area (Å²) in [6.45, 7) is 5.93. The fourth-order valence-corrected chi connectivity index (χ4v) is 2.26. The molecular formula is C15H27NO5. The van der Waals surface area contributed by atoms with Crippen molar-refractivity contribution in [3.05, 3.63) is 0 Å². The summed E-state index contributed by atoms with van der Waals surface area (Å²) in [6, 6.07) is 0.139. The molecule has 0 aromatic heterocycles. The standard InChI is InChI=1S/C15H27NO5/c1-15(2,3)21-14(18)16-11-5-7-12(8-6-11)20-10-9-13(17)19-4/h11-12H,5-10H2,1-4H3,(H,16,18). The second kappa shape index (κ2) is 8.22. The minimum absolute atomic E-state index is 0.139. The number of carbonyl (C=O) groups excluding carboxylic acids is 2. The molecule has 1 aliphatic rings. The van der Waals surface area contributed by atoms with Crippen LogP contribution in [0.4, 0.5) is 4.79 Å². The van der Waals surface area contributed by atoms with Gasteiger partial charge in [-0.1, -0.05) is 0 Å². The SMILES string of the molecule is COC(=O)CCOC1CCC(NC(=O)OC(C)(C)C)CC1. The zero-order chi connectivity index (χ0) is 15.9. The van der Waals surface area contributed by atoms with E-state index in [0.29, 0.717) is 6.61 Å². The zero-order valence-electron chi connectivity index (χ0n) is 13.4. The minimum Gasteiger partial charge on any atom is -0.469 e. The van der Waals surface area contributed by atoms with Gasteiger partial charge in [-0.2, -0.15) is 0 Å². The Labute approximate surface area is 126 Å². The van der Waals surface area contributed by atoms with Crippen LogP contribution in [0.1, 0.15) is 52.9 Å². The van der Waals surface area contributed by atoms with Gasteiger partial charge in [0, 0.05) is 6.04 Å². The van der Waals surface area contributed by atoms with Crippen LogP contribution in [0.25, 0.3) is 0 Å². The summed E-state index contributed by atoms with van der Waals surface area (Å²) in [5.41, 5.74) is -0.474. The lowest BCUT2D eigenvalue weighted by Crippen LogP contribution is -2.41. The quantitative estimate of drug-likeness (QED) is 0.789. The Balaban J connectivity index is 2.17. The number of carbonyl (C=O) groups is 2. The first-order chi connectivity index (χ1) is 9.80. The third-order valence-corrected chi connectivity index (χ3v) is 3.28. The van der Waals surface area contributed by atoms with Gasteiger partial charge >= 0.3 is 12.1 Å². The maximum Gasteiger partial charge on any atom is 0.407 e. The molecular weight excluding hydrogens is 274 g/mol. The van der Waals surface area contributed by atoms with Crippen molar-refractivity contribution in [1.29, 1.82) is 0 Å². The van der Waals surface area contributed by atoms with Crippen molar-refractivity contribution < 1.29 is 23.8 Å². The molecule has 0 atom stereocenters. The first-order valence-electron chi connectivity index (χ1n) is 7.48. The highest BCUT2D eigenvalue weighted by atomic mass is 16.6. The second-order valence-corrected chi connectivity index (χ2v) is 6.32. The largest absolute Gasteiger partial charge is 0.469 e. The molecule has 21 heavy (non-hydrogen) atoms. The number of hydrogen-bond donors (Lipinski definition) is 1. The number of methoxy groups -OCH3 is 1. The summed E-state index contributed by atoms with van der Waals surface area (Å²) in [7, 11) is 1.37. The third-order valence-electron chi connectivity index (χ3n) is 3.28. The fourth-order valence-electron chi connectivity index (χ4n) is 2.26. The number of hydrogen-bond acceptors (Lipinski definition) is 5. The van der Waals surface area contributed by atoms with E-state index in [1.807, 2.05) is 20.8 Å². The van der Waals surface area contributed by atoms with Crippen LogP contribution in [-0.2, 0) is 19.0 Å². The van der Waals surface area contributed by atoms with E-state index in [2.05, 4.69) is 10.1 Å². The van der Waals surface area contributed by atoms with Gasteiger partial charge in [0.2, 0.25) is 0 Å². The van der Waals surface area contributed by atoms with Gasteiger partial charge in [0.1, 0.15) is 5.60 Å². The Morgan fingerprint density at radius 1 is 1.14 bits per heavy atom. The summed E-state index contributed by atoms with van der Waals surface area (Å²) in [5.74, 6) is -0.254. The van der Waals surface area contributed by atoms with E-state index >= 15 is 0 Å². The minimum atomic E-state index is -0.474. The van der Waals surface area contributed by atoms with E-state index in [1.165, 1.54) is 7.11 Å². The lowest BCUT2D eigenvalue weighted by atomic mass is 9.93. The van der Waals surface area contributed by atoms with Gasteiger partial charge in [0.15, 0.2) is 0 Å². The Morgan fingerprint density at radius 2 is 1.76 bits per heavy atom. The van der Waals surface area contributed by atoms with E-state index in [1.54, 1.807) is 0 Å². The maximum absolute atomic E-state index is 11.7. The maximum atomic E-state index is 11.7. The highest BCUT2D eigenvalue weighted by Gasteiger charge is 2.25. The monoisotopic (exact) mass is 301 g/mol. The van der Waals surface area contributed by atoms with Gasteiger partial charge in [-0.25, -0.2) is 4.79 Å². The molecule has 0 bridgehead atoms. The fraction of sp³-hybridized carbons (Fsp3) is 0.867. The summed E-state index contributed by atoms with van der Waals surface area (Å²) >= 11 is 0. The number of ether oxygens (including phenoxy) is 3. The van der Waals surface area contributed by atoms with E-state index in [-0.39, 0.29) is 30.6 Å². The second-order valence-electron chi connectivity index (χ2n) is 6.32. The van der Waals surface area contributed by atoms with Crippen LogP contribution >= 0.6 is 0 Å². The molecule has 0 aromatic carbocycles. The van der Waals surface area contributed by atoms with Crippen LogP contribution in [0.5, 0.6) is 0 Å². The molecule has 122 valence electrons. The van der Waals surface area contributed by atoms with Crippen molar-refractivity contribution in [3.63, 3.8) is 0 Å². The van der Waals surface area contributed by atoms with E-state index in [0.717, 1.165) is 25.7 Å². The van der Waals surface area contributed by atoms with Crippen LogP contribution in [-0.4, -0.2) is 43.5 Å². The summed E-state index contributed by atoms with van der Waals surface area (Å²) in [5, 5.41) is 2.89. The van der Waals surface area contributed by atoms with Crippen molar-refractivity contribution in [3.8, 4) is 0 Å². The molecule has 0 heterocycles. The van der Waals surface area contributed by atoms with Gasteiger partial charge in [0.25, 0.3) is 0 Å². The highest BCUT2D eigenvalue weighted by Crippen LogP contribution is 2.21. The van der Waals surface area contributed by atoms with Crippen LogP contribution in [0.2, 0.25) is 0 Å². The van der Waals surface area contributed by atoms with Crippen molar-refractivity contribution in [2.24, 2.45) is 0 Å². The van der Waals surface area contributed by atoms with Gasteiger partial charge < -0.3 is 19.5 Å². The molecule has 6 nitrogen and oxygen atoms in total. The smallest absolute Gasteiger partial charge is 0.407 e. The summed E-state index contributed by atoms with van der Waals surface area (Å²) in [4.78, 5) is 22.6. The molecule has 0 aromatic rings. The molecule has 0 saturated heterocycles. The number of amides is 1. The van der Waals surface area contributed by atoms with E-state index in [4.69, 9.17) is 9.47 Å². The van der Waals surface area contributed by atoms with Gasteiger partial charge in [0.05, 0.1) is 26.2 Å². The van der Waals surface area contributed by atoms with Crippen molar-refractivity contribution in [2.75, 3.05) is 13.7 Å². The van der Waals surface area contributed by atoms with Crippen molar-refractivity contribution >= 4 is 12.1 Å². The van der Waals surface area contributed by atoms with Gasteiger partial charge in [-0.05, 0) is 46.5 Å². The van der Waals surface area contributed by atoms with Gasteiger partial charge in [-0.15, -0.1) is 0 Å². The highest BCUT2D eigenvalue weighted by molar-refractivity contribution is 5.69.